The van der Waals surface area contributed by atoms with E-state index in [0.717, 1.165) is 70.6 Å². The first-order valence-electron chi connectivity index (χ1n) is 28.7. The number of aliphatic hydroxyl groups is 2. The minimum absolute atomic E-state index is 0.0563. The molecule has 0 bridgehead atoms. The van der Waals surface area contributed by atoms with Gasteiger partial charge in [0.2, 0.25) is 5.91 Å². The molecule has 1 amide bonds. The number of rotatable bonds is 52. The lowest BCUT2D eigenvalue weighted by Gasteiger charge is -2.24. The zero-order valence-corrected chi connectivity index (χ0v) is 43.6. The third-order valence-electron chi connectivity index (χ3n) is 13.2. The zero-order valence-electron chi connectivity index (χ0n) is 43.6. The van der Waals surface area contributed by atoms with E-state index in [-0.39, 0.29) is 24.9 Å². The molecule has 3 atom stereocenters. The van der Waals surface area contributed by atoms with Gasteiger partial charge in [-0.25, -0.2) is 0 Å². The highest BCUT2D eigenvalue weighted by atomic mass is 16.5. The minimum atomic E-state index is -0.794. The van der Waals surface area contributed by atoms with Gasteiger partial charge in [0.15, 0.2) is 0 Å². The van der Waals surface area contributed by atoms with Crippen molar-refractivity contribution in [2.45, 2.75) is 322 Å². The number of esters is 1. The second-order valence-electron chi connectivity index (χ2n) is 19.7. The predicted octanol–water partition coefficient (Wildman–Crippen LogP) is 17.6. The number of carbonyl (C=O) groups excluding carboxylic acids is 2. The van der Waals surface area contributed by atoms with Gasteiger partial charge >= 0.3 is 5.97 Å². The van der Waals surface area contributed by atoms with Gasteiger partial charge in [0.05, 0.1) is 25.2 Å². The Morgan fingerprint density at radius 1 is 0.446 bits per heavy atom. The summed E-state index contributed by atoms with van der Waals surface area (Å²) in [5.74, 6) is -0.500. The van der Waals surface area contributed by atoms with E-state index in [4.69, 9.17) is 4.74 Å². The fourth-order valence-electron chi connectivity index (χ4n) is 8.82. The molecule has 0 fully saturated rings. The van der Waals surface area contributed by atoms with Crippen molar-refractivity contribution in [1.29, 1.82) is 0 Å². The fourth-order valence-corrected chi connectivity index (χ4v) is 8.82. The largest absolute Gasteiger partial charge is 0.462 e. The quantitative estimate of drug-likeness (QED) is 0.0321. The van der Waals surface area contributed by atoms with Crippen molar-refractivity contribution in [3.8, 4) is 0 Å². The lowest BCUT2D eigenvalue weighted by Crippen LogP contribution is -2.46. The minimum Gasteiger partial charge on any atom is -0.462 e. The number of aliphatic hydroxyl groups excluding tert-OH is 2. The van der Waals surface area contributed by atoms with Gasteiger partial charge in [-0.1, -0.05) is 250 Å². The summed E-state index contributed by atoms with van der Waals surface area (Å²) in [6, 6.07) is -0.710. The van der Waals surface area contributed by atoms with Crippen LogP contribution in [-0.2, 0) is 14.3 Å². The van der Waals surface area contributed by atoms with Crippen LogP contribution < -0.4 is 5.32 Å². The molecule has 0 rings (SSSR count). The highest BCUT2D eigenvalue weighted by Crippen LogP contribution is 2.18. The molecular formula is C59H111NO5. The predicted molar refractivity (Wildman–Crippen MR) is 282 cm³/mol. The van der Waals surface area contributed by atoms with E-state index < -0.39 is 18.2 Å². The summed E-state index contributed by atoms with van der Waals surface area (Å²) in [7, 11) is 0. The maximum atomic E-state index is 13.2. The Balaban J connectivity index is 4.50. The van der Waals surface area contributed by atoms with Gasteiger partial charge in [0.25, 0.3) is 0 Å². The van der Waals surface area contributed by atoms with Gasteiger partial charge in [-0.05, 0) is 77.0 Å². The molecule has 0 heterocycles. The van der Waals surface area contributed by atoms with E-state index >= 15 is 0 Å². The van der Waals surface area contributed by atoms with E-state index in [1.807, 2.05) is 0 Å². The van der Waals surface area contributed by atoms with Crippen LogP contribution in [0.15, 0.2) is 36.5 Å². The molecule has 0 saturated carbocycles. The Morgan fingerprint density at radius 3 is 1.25 bits per heavy atom. The number of carbonyl (C=O) groups is 2. The van der Waals surface area contributed by atoms with Crippen LogP contribution in [0.25, 0.3) is 0 Å². The third kappa shape index (κ3) is 48.3. The second kappa shape index (κ2) is 53.0. The maximum Gasteiger partial charge on any atom is 0.306 e. The summed E-state index contributed by atoms with van der Waals surface area (Å²) < 4.78 is 5.93. The molecule has 0 aliphatic rings. The van der Waals surface area contributed by atoms with E-state index in [9.17, 15) is 19.8 Å². The van der Waals surface area contributed by atoms with Crippen LogP contribution >= 0.6 is 0 Å². The van der Waals surface area contributed by atoms with E-state index in [0.29, 0.717) is 19.3 Å². The average molecular weight is 915 g/mol. The van der Waals surface area contributed by atoms with Gasteiger partial charge in [0.1, 0.15) is 6.10 Å². The van der Waals surface area contributed by atoms with Crippen LogP contribution in [-0.4, -0.2) is 46.9 Å². The van der Waals surface area contributed by atoms with E-state index in [2.05, 4.69) is 62.5 Å². The van der Waals surface area contributed by atoms with E-state index in [1.165, 1.54) is 186 Å². The molecule has 0 aliphatic heterocycles. The number of hydrogen-bond acceptors (Lipinski definition) is 5. The van der Waals surface area contributed by atoms with Gasteiger partial charge < -0.3 is 20.3 Å². The Morgan fingerprint density at radius 2 is 0.800 bits per heavy atom. The molecule has 0 aromatic heterocycles. The summed E-state index contributed by atoms with van der Waals surface area (Å²) in [4.78, 5) is 26.2. The molecule has 65 heavy (non-hydrogen) atoms. The Hall–Kier alpha value is -1.92. The van der Waals surface area contributed by atoms with Crippen molar-refractivity contribution in [3.05, 3.63) is 36.5 Å². The lowest BCUT2D eigenvalue weighted by atomic mass is 10.0. The Bertz CT molecular complexity index is 1070. The van der Waals surface area contributed by atoms with Crippen LogP contribution in [0, 0.1) is 0 Å². The smallest absolute Gasteiger partial charge is 0.306 e. The molecule has 0 aromatic carbocycles. The molecule has 0 spiro atoms. The number of hydrogen-bond donors (Lipinski definition) is 3. The zero-order chi connectivity index (χ0) is 47.4. The standard InChI is InChI=1S/C59H111NO5/c1-4-7-10-13-16-19-22-25-27-29-31-33-36-39-42-45-48-51-57(62)56(54-61)60-58(63)53-55(50-47-44-41-38-35-24-21-18-15-12-9-6-3)65-59(64)52-49-46-43-40-37-34-32-30-28-26-23-20-17-14-11-8-5-2/h17,20,26,28,38,41,55-57,61-62H,4-16,18-19,21-25,27,29-37,39-40,42-54H2,1-3H3,(H,60,63)/b20-17-,28-26-,41-38-. The lowest BCUT2D eigenvalue weighted by molar-refractivity contribution is -0.151. The van der Waals surface area contributed by atoms with Crippen molar-refractivity contribution < 1.29 is 24.5 Å². The third-order valence-corrected chi connectivity index (χ3v) is 13.2. The molecule has 0 aromatic rings. The first kappa shape index (κ1) is 63.1. The molecule has 3 N–H and O–H groups in total. The van der Waals surface area contributed by atoms with Gasteiger partial charge in [-0.2, -0.15) is 0 Å². The normalized spacial score (nSPS) is 13.4. The van der Waals surface area contributed by atoms with Crippen molar-refractivity contribution in [2.24, 2.45) is 0 Å². The number of amides is 1. The number of ether oxygens (including phenoxy) is 1. The van der Waals surface area contributed by atoms with Crippen LogP contribution in [0.2, 0.25) is 0 Å². The summed E-state index contributed by atoms with van der Waals surface area (Å²) >= 11 is 0. The highest BCUT2D eigenvalue weighted by Gasteiger charge is 2.24. The fraction of sp³-hybridized carbons (Fsp3) is 0.864. The Kier molecular flexibility index (Phi) is 51.5. The first-order chi connectivity index (χ1) is 32.0. The number of unbranched alkanes of at least 4 members (excludes halogenated alkanes) is 34. The number of allylic oxidation sites excluding steroid dienone is 6. The molecule has 0 radical (unpaired) electrons. The van der Waals surface area contributed by atoms with Crippen LogP contribution in [0.1, 0.15) is 303 Å². The second-order valence-corrected chi connectivity index (χ2v) is 19.7. The highest BCUT2D eigenvalue weighted by molar-refractivity contribution is 5.77. The van der Waals surface area contributed by atoms with Crippen LogP contribution in [0.5, 0.6) is 0 Å². The molecule has 6 heteroatoms. The van der Waals surface area contributed by atoms with E-state index in [1.54, 1.807) is 0 Å². The maximum absolute atomic E-state index is 13.2. The summed E-state index contributed by atoms with van der Waals surface area (Å²) in [6.07, 6.45) is 63.6. The van der Waals surface area contributed by atoms with Gasteiger partial charge in [0, 0.05) is 6.42 Å². The first-order valence-corrected chi connectivity index (χ1v) is 28.7. The van der Waals surface area contributed by atoms with Crippen molar-refractivity contribution in [1.82, 2.24) is 5.32 Å². The summed E-state index contributed by atoms with van der Waals surface area (Å²) in [6.45, 7) is 6.47. The van der Waals surface area contributed by atoms with Crippen molar-refractivity contribution >= 4 is 11.9 Å². The SMILES string of the molecule is CCCCC/C=C\C/C=C\CCCCCCCCCC(=O)OC(CCC/C=C\CCCCCCCCC)CC(=O)NC(CO)C(O)CCCCCCCCCCCCCCCCCCC. The molecule has 0 saturated heterocycles. The van der Waals surface area contributed by atoms with Crippen molar-refractivity contribution in [2.75, 3.05) is 6.61 Å². The monoisotopic (exact) mass is 914 g/mol. The van der Waals surface area contributed by atoms with Gasteiger partial charge in [-0.15, -0.1) is 0 Å². The average Bonchev–Trinajstić information content (AvgIpc) is 3.30. The summed E-state index contributed by atoms with van der Waals surface area (Å²) in [5, 5.41) is 23.9. The topological polar surface area (TPSA) is 95.9 Å². The van der Waals surface area contributed by atoms with Crippen molar-refractivity contribution in [3.63, 3.8) is 0 Å². The molecular weight excluding hydrogens is 803 g/mol. The molecule has 3 unspecified atom stereocenters. The number of nitrogens with one attached hydrogen (secondary N) is 1. The van der Waals surface area contributed by atoms with Crippen LogP contribution in [0.4, 0.5) is 0 Å². The molecule has 6 nitrogen and oxygen atoms in total. The molecule has 382 valence electrons. The summed E-state index contributed by atoms with van der Waals surface area (Å²) in [5.41, 5.74) is 0. The molecule has 0 aliphatic carbocycles. The van der Waals surface area contributed by atoms with Crippen LogP contribution in [0.3, 0.4) is 0 Å². The van der Waals surface area contributed by atoms with Gasteiger partial charge in [-0.3, -0.25) is 9.59 Å². The Labute approximate surface area is 404 Å².